The van der Waals surface area contributed by atoms with Gasteiger partial charge in [-0.25, -0.2) is 4.98 Å². The monoisotopic (exact) mass is 382 g/mol. The maximum Gasteiger partial charge on any atom is 0.191 e. The molecule has 0 aliphatic carbocycles. The van der Waals surface area contributed by atoms with E-state index in [0.29, 0.717) is 12.5 Å². The van der Waals surface area contributed by atoms with Gasteiger partial charge in [0.2, 0.25) is 0 Å². The van der Waals surface area contributed by atoms with Crippen molar-refractivity contribution in [2.45, 2.75) is 32.2 Å². The Bertz CT molecular complexity index is 800. The molecule has 142 valence electrons. The zero-order chi connectivity index (χ0) is 18.9. The number of nitrogens with zero attached hydrogens (tertiary/aromatic N) is 2. The largest absolute Gasteiger partial charge is 0.469 e. The fourth-order valence-electron chi connectivity index (χ4n) is 2.73. The van der Waals surface area contributed by atoms with Crippen LogP contribution in [0.25, 0.3) is 0 Å². The lowest BCUT2D eigenvalue weighted by molar-refractivity contribution is 0.506. The molecule has 1 aromatic carbocycles. The molecule has 2 atom stereocenters. The van der Waals surface area contributed by atoms with Crippen molar-refractivity contribution in [2.24, 2.45) is 4.99 Å². The molecule has 2 heterocycles. The van der Waals surface area contributed by atoms with Gasteiger partial charge in [0.1, 0.15) is 5.76 Å². The Morgan fingerprint density at radius 2 is 2.04 bits per heavy atom. The normalized spacial score (nSPS) is 13.9. The lowest BCUT2D eigenvalue weighted by atomic mass is 10.1. The zero-order valence-electron chi connectivity index (χ0n) is 15.8. The van der Waals surface area contributed by atoms with Gasteiger partial charge in [0.15, 0.2) is 5.96 Å². The third-order valence-electron chi connectivity index (χ3n) is 4.29. The van der Waals surface area contributed by atoms with Gasteiger partial charge in [0, 0.05) is 30.5 Å². The minimum atomic E-state index is 0.163. The van der Waals surface area contributed by atoms with Crippen LogP contribution in [-0.2, 0) is 6.42 Å². The second-order valence-corrected chi connectivity index (χ2v) is 7.42. The third kappa shape index (κ3) is 5.96. The molecule has 3 rings (SSSR count). The van der Waals surface area contributed by atoms with Crippen molar-refractivity contribution >= 4 is 17.3 Å². The minimum absolute atomic E-state index is 0.163. The van der Waals surface area contributed by atoms with Crippen LogP contribution in [-0.4, -0.2) is 24.0 Å². The molecule has 2 N–H and O–H groups in total. The maximum absolute atomic E-state index is 5.41. The molecule has 2 aromatic heterocycles. The van der Waals surface area contributed by atoms with Gasteiger partial charge in [-0.1, -0.05) is 37.3 Å². The van der Waals surface area contributed by atoms with Crippen LogP contribution in [0, 0.1) is 0 Å². The molecule has 27 heavy (non-hydrogen) atoms. The first-order valence-corrected chi connectivity index (χ1v) is 10.1. The SMILES string of the molecule is CC(CN=C(NCCc1ccco1)NC(C)c1ccccc1)c1nccs1. The van der Waals surface area contributed by atoms with Gasteiger partial charge in [-0.05, 0) is 24.6 Å². The number of thiazole rings is 1. The Hall–Kier alpha value is -2.60. The molecular weight excluding hydrogens is 356 g/mol. The van der Waals surface area contributed by atoms with Crippen LogP contribution in [0.15, 0.2) is 69.7 Å². The molecule has 2 unspecified atom stereocenters. The summed E-state index contributed by atoms with van der Waals surface area (Å²) in [5, 5.41) is 10.0. The van der Waals surface area contributed by atoms with Crippen LogP contribution < -0.4 is 10.6 Å². The summed E-state index contributed by atoms with van der Waals surface area (Å²) in [6.45, 7) is 5.74. The lowest BCUT2D eigenvalue weighted by Crippen LogP contribution is -2.40. The van der Waals surface area contributed by atoms with E-state index in [1.54, 1.807) is 17.6 Å². The van der Waals surface area contributed by atoms with Crippen LogP contribution in [0.2, 0.25) is 0 Å². The van der Waals surface area contributed by atoms with Gasteiger partial charge in [-0.15, -0.1) is 11.3 Å². The molecule has 0 aliphatic heterocycles. The Morgan fingerprint density at radius 1 is 1.19 bits per heavy atom. The molecule has 0 spiro atoms. The highest BCUT2D eigenvalue weighted by Gasteiger charge is 2.11. The number of rotatable bonds is 8. The number of benzene rings is 1. The van der Waals surface area contributed by atoms with Crippen LogP contribution >= 0.6 is 11.3 Å². The van der Waals surface area contributed by atoms with Crippen molar-refractivity contribution in [1.82, 2.24) is 15.6 Å². The van der Waals surface area contributed by atoms with Crippen molar-refractivity contribution < 1.29 is 4.42 Å². The van der Waals surface area contributed by atoms with E-state index in [4.69, 9.17) is 9.41 Å². The molecule has 3 aromatic rings. The number of nitrogens with one attached hydrogen (secondary N) is 2. The second kappa shape index (κ2) is 9.92. The lowest BCUT2D eigenvalue weighted by Gasteiger charge is -2.19. The highest BCUT2D eigenvalue weighted by atomic mass is 32.1. The Balaban J connectivity index is 1.62. The van der Waals surface area contributed by atoms with E-state index in [-0.39, 0.29) is 6.04 Å². The average Bonchev–Trinajstić information content (AvgIpc) is 3.40. The van der Waals surface area contributed by atoms with Crippen LogP contribution in [0.3, 0.4) is 0 Å². The van der Waals surface area contributed by atoms with Crippen LogP contribution in [0.5, 0.6) is 0 Å². The highest BCUT2D eigenvalue weighted by Crippen LogP contribution is 2.17. The quantitative estimate of drug-likeness (QED) is 0.448. The second-order valence-electron chi connectivity index (χ2n) is 6.49. The molecule has 0 amide bonds. The molecule has 0 saturated carbocycles. The Labute approximate surface area is 164 Å². The Morgan fingerprint density at radius 3 is 2.74 bits per heavy atom. The Kier molecular flexibility index (Phi) is 7.04. The first-order chi connectivity index (χ1) is 13.2. The van der Waals surface area contributed by atoms with E-state index in [1.165, 1.54) is 5.56 Å². The van der Waals surface area contributed by atoms with Gasteiger partial charge in [-0.3, -0.25) is 4.99 Å². The van der Waals surface area contributed by atoms with Crippen molar-refractivity contribution in [3.63, 3.8) is 0 Å². The fraction of sp³-hybridized carbons (Fsp3) is 0.333. The molecule has 5 nitrogen and oxygen atoms in total. The highest BCUT2D eigenvalue weighted by molar-refractivity contribution is 7.09. The van der Waals surface area contributed by atoms with Gasteiger partial charge in [-0.2, -0.15) is 0 Å². The number of guanidine groups is 1. The van der Waals surface area contributed by atoms with E-state index in [9.17, 15) is 0 Å². The van der Waals surface area contributed by atoms with Gasteiger partial charge in [0.05, 0.1) is 23.9 Å². The molecule has 0 saturated heterocycles. The summed E-state index contributed by atoms with van der Waals surface area (Å²) in [7, 11) is 0. The van der Waals surface area contributed by atoms with Gasteiger partial charge < -0.3 is 15.1 Å². The molecule has 6 heteroatoms. The van der Waals surface area contributed by atoms with E-state index < -0.39 is 0 Å². The fourth-order valence-corrected chi connectivity index (χ4v) is 3.42. The topological polar surface area (TPSA) is 62.5 Å². The summed E-state index contributed by atoms with van der Waals surface area (Å²) >= 11 is 1.68. The summed E-state index contributed by atoms with van der Waals surface area (Å²) in [6.07, 6.45) is 4.36. The standard InChI is InChI=1S/C21H26N4OS/c1-16(20-22-12-14-27-20)15-24-21(23-11-10-19-9-6-13-26-19)25-17(2)18-7-4-3-5-8-18/h3-9,12-14,16-17H,10-11,15H2,1-2H3,(H2,23,24,25). The first-order valence-electron chi connectivity index (χ1n) is 9.24. The number of furan rings is 1. The molecule has 0 fully saturated rings. The summed E-state index contributed by atoms with van der Waals surface area (Å²) in [4.78, 5) is 9.19. The van der Waals surface area contributed by atoms with Crippen molar-refractivity contribution in [2.75, 3.05) is 13.1 Å². The molecule has 0 radical (unpaired) electrons. The van der Waals surface area contributed by atoms with Crippen molar-refractivity contribution in [1.29, 1.82) is 0 Å². The van der Waals surface area contributed by atoms with E-state index >= 15 is 0 Å². The van der Waals surface area contributed by atoms with Gasteiger partial charge in [0.25, 0.3) is 0 Å². The van der Waals surface area contributed by atoms with Crippen LogP contribution in [0.1, 0.15) is 42.1 Å². The summed E-state index contributed by atoms with van der Waals surface area (Å²) in [5.74, 6) is 2.07. The van der Waals surface area contributed by atoms with E-state index in [0.717, 1.165) is 29.7 Å². The number of aliphatic imine (C=N–C) groups is 1. The third-order valence-corrected chi connectivity index (χ3v) is 5.30. The zero-order valence-corrected chi connectivity index (χ0v) is 16.6. The molecule has 0 aliphatic rings. The predicted octanol–water partition coefficient (Wildman–Crippen LogP) is 4.38. The summed E-state index contributed by atoms with van der Waals surface area (Å²) < 4.78 is 5.41. The van der Waals surface area contributed by atoms with E-state index in [2.05, 4.69) is 53.7 Å². The van der Waals surface area contributed by atoms with Crippen LogP contribution in [0.4, 0.5) is 0 Å². The summed E-state index contributed by atoms with van der Waals surface area (Å²) in [5.41, 5.74) is 1.23. The maximum atomic E-state index is 5.41. The van der Waals surface area contributed by atoms with E-state index in [1.807, 2.05) is 29.8 Å². The van der Waals surface area contributed by atoms with Crippen molar-refractivity contribution in [3.05, 3.63) is 76.6 Å². The number of hydrogen-bond acceptors (Lipinski definition) is 4. The smallest absolute Gasteiger partial charge is 0.191 e. The predicted molar refractivity (Wildman–Crippen MR) is 111 cm³/mol. The molecule has 0 bridgehead atoms. The van der Waals surface area contributed by atoms with Crippen molar-refractivity contribution in [3.8, 4) is 0 Å². The van der Waals surface area contributed by atoms with Gasteiger partial charge >= 0.3 is 0 Å². The number of aromatic nitrogens is 1. The number of hydrogen-bond donors (Lipinski definition) is 2. The average molecular weight is 383 g/mol. The first kappa shape index (κ1) is 19.2. The summed E-state index contributed by atoms with van der Waals surface area (Å²) in [6, 6.07) is 14.4. The minimum Gasteiger partial charge on any atom is -0.469 e. The molecular formula is C21H26N4OS.